The van der Waals surface area contributed by atoms with Gasteiger partial charge in [0.1, 0.15) is 0 Å². The maximum Gasteiger partial charge on any atom is 0.227 e. The van der Waals surface area contributed by atoms with Gasteiger partial charge in [-0.2, -0.15) is 0 Å². The monoisotopic (exact) mass is 195 g/mol. The van der Waals surface area contributed by atoms with Gasteiger partial charge in [-0.1, -0.05) is 26.2 Å². The fraction of sp³-hybridized carbons (Fsp3) is 0.818. The first kappa shape index (κ1) is 9.69. The summed E-state index contributed by atoms with van der Waals surface area (Å²) < 4.78 is 0. The largest absolute Gasteiger partial charge is 0.296 e. The van der Waals surface area contributed by atoms with Crippen LogP contribution in [-0.2, 0) is 9.59 Å². The Kier molecular flexibility index (Phi) is 2.33. The second kappa shape index (κ2) is 3.37. The molecule has 3 nitrogen and oxygen atoms in total. The zero-order chi connectivity index (χ0) is 10.2. The molecule has 0 atom stereocenters. The Morgan fingerprint density at radius 2 is 1.86 bits per heavy atom. The molecule has 14 heavy (non-hydrogen) atoms. The van der Waals surface area contributed by atoms with E-state index in [2.05, 4.69) is 12.2 Å². The summed E-state index contributed by atoms with van der Waals surface area (Å²) in [6.45, 7) is 2.07. The first-order valence-corrected chi connectivity index (χ1v) is 5.40. The fourth-order valence-electron chi connectivity index (χ4n) is 2.62. The molecule has 0 aromatic heterocycles. The van der Waals surface area contributed by atoms with E-state index in [0.29, 0.717) is 12.8 Å². The van der Waals surface area contributed by atoms with Crippen LogP contribution in [0.2, 0.25) is 0 Å². The van der Waals surface area contributed by atoms with Crippen LogP contribution in [-0.4, -0.2) is 11.8 Å². The molecule has 1 aliphatic heterocycles. The molecule has 0 radical (unpaired) electrons. The van der Waals surface area contributed by atoms with Crippen molar-refractivity contribution in [3.8, 4) is 0 Å². The van der Waals surface area contributed by atoms with Gasteiger partial charge in [-0.15, -0.1) is 0 Å². The van der Waals surface area contributed by atoms with Crippen LogP contribution in [0.3, 0.4) is 0 Å². The van der Waals surface area contributed by atoms with Gasteiger partial charge in [-0.25, -0.2) is 0 Å². The number of imide groups is 1. The number of piperidine rings is 1. The van der Waals surface area contributed by atoms with Crippen molar-refractivity contribution < 1.29 is 9.59 Å². The third-order valence-electron chi connectivity index (χ3n) is 3.46. The van der Waals surface area contributed by atoms with Gasteiger partial charge < -0.3 is 0 Å². The summed E-state index contributed by atoms with van der Waals surface area (Å²) in [5, 5.41) is 2.37. The van der Waals surface area contributed by atoms with Crippen LogP contribution >= 0.6 is 0 Å². The highest BCUT2D eigenvalue weighted by Crippen LogP contribution is 2.42. The van der Waals surface area contributed by atoms with Crippen molar-refractivity contribution in [1.29, 1.82) is 0 Å². The Morgan fingerprint density at radius 1 is 1.29 bits per heavy atom. The molecule has 3 heteroatoms. The minimum atomic E-state index is -0.0944. The molecule has 0 aromatic rings. The van der Waals surface area contributed by atoms with Gasteiger partial charge in [0, 0.05) is 12.8 Å². The molecule has 0 bridgehead atoms. The van der Waals surface area contributed by atoms with Crippen molar-refractivity contribution in [2.45, 2.75) is 45.4 Å². The predicted molar refractivity (Wildman–Crippen MR) is 52.4 cm³/mol. The van der Waals surface area contributed by atoms with E-state index in [0.717, 1.165) is 12.3 Å². The Balaban J connectivity index is 1.97. The second-order valence-corrected chi connectivity index (χ2v) is 5.14. The molecule has 78 valence electrons. The molecular weight excluding hydrogens is 178 g/mol. The van der Waals surface area contributed by atoms with Gasteiger partial charge in [0.2, 0.25) is 11.8 Å². The van der Waals surface area contributed by atoms with E-state index < -0.39 is 0 Å². The molecule has 1 saturated heterocycles. The quantitative estimate of drug-likeness (QED) is 0.680. The van der Waals surface area contributed by atoms with E-state index >= 15 is 0 Å². The first-order valence-electron chi connectivity index (χ1n) is 5.40. The number of hydrogen-bond acceptors (Lipinski definition) is 2. The van der Waals surface area contributed by atoms with Gasteiger partial charge in [0.05, 0.1) is 0 Å². The first-order chi connectivity index (χ1) is 6.57. The molecule has 2 amide bonds. The molecule has 1 heterocycles. The molecule has 1 saturated carbocycles. The Hall–Kier alpha value is -0.860. The van der Waals surface area contributed by atoms with E-state index in [4.69, 9.17) is 0 Å². The number of carbonyl (C=O) groups excluding carboxylic acids is 2. The molecule has 2 rings (SSSR count). The van der Waals surface area contributed by atoms with Gasteiger partial charge in [0.15, 0.2) is 0 Å². The highest BCUT2D eigenvalue weighted by Gasteiger charge is 2.38. The summed E-state index contributed by atoms with van der Waals surface area (Å²) in [5.41, 5.74) is -0.0650. The normalized spacial score (nSPS) is 26.9. The number of amides is 2. The van der Waals surface area contributed by atoms with Gasteiger partial charge in [-0.3, -0.25) is 14.9 Å². The molecular formula is C11H17NO2. The topological polar surface area (TPSA) is 46.2 Å². The smallest absolute Gasteiger partial charge is 0.227 e. The molecule has 2 fully saturated rings. The van der Waals surface area contributed by atoms with Gasteiger partial charge >= 0.3 is 0 Å². The van der Waals surface area contributed by atoms with E-state index in [1.807, 2.05) is 0 Å². The SMILES string of the molecule is CC1(CC2CCC2)CC(=O)NC(=O)C1. The Morgan fingerprint density at radius 3 is 2.29 bits per heavy atom. The lowest BCUT2D eigenvalue weighted by Gasteiger charge is -2.38. The highest BCUT2D eigenvalue weighted by atomic mass is 16.2. The standard InChI is InChI=1S/C11H17NO2/c1-11(5-8-3-2-4-8)6-9(13)12-10(14)7-11/h8H,2-7H2,1H3,(H,12,13,14). The van der Waals surface area contributed by atoms with E-state index in [-0.39, 0.29) is 17.2 Å². The van der Waals surface area contributed by atoms with Crippen LogP contribution in [0.1, 0.15) is 45.4 Å². The molecule has 2 aliphatic rings. The van der Waals surface area contributed by atoms with E-state index in [1.165, 1.54) is 19.3 Å². The van der Waals surface area contributed by atoms with Crippen LogP contribution in [0.5, 0.6) is 0 Å². The number of rotatable bonds is 2. The van der Waals surface area contributed by atoms with Crippen molar-refractivity contribution in [3.05, 3.63) is 0 Å². The van der Waals surface area contributed by atoms with Crippen LogP contribution in [0.4, 0.5) is 0 Å². The minimum Gasteiger partial charge on any atom is -0.296 e. The van der Waals surface area contributed by atoms with E-state index in [1.54, 1.807) is 0 Å². The zero-order valence-electron chi connectivity index (χ0n) is 8.64. The Bertz CT molecular complexity index is 252. The zero-order valence-corrected chi connectivity index (χ0v) is 8.64. The molecule has 1 aliphatic carbocycles. The van der Waals surface area contributed by atoms with Crippen molar-refractivity contribution in [2.75, 3.05) is 0 Å². The summed E-state index contributed by atoms with van der Waals surface area (Å²) in [6.07, 6.45) is 5.98. The maximum absolute atomic E-state index is 11.2. The highest BCUT2D eigenvalue weighted by molar-refractivity contribution is 5.98. The lowest BCUT2D eigenvalue weighted by molar-refractivity contribution is -0.138. The van der Waals surface area contributed by atoms with Gasteiger partial charge in [0.25, 0.3) is 0 Å². The minimum absolute atomic E-state index is 0.0650. The third-order valence-corrected chi connectivity index (χ3v) is 3.46. The molecule has 1 N–H and O–H groups in total. The van der Waals surface area contributed by atoms with Crippen molar-refractivity contribution in [3.63, 3.8) is 0 Å². The van der Waals surface area contributed by atoms with Crippen LogP contribution < -0.4 is 5.32 Å². The average Bonchev–Trinajstić information content (AvgIpc) is 1.94. The summed E-state index contributed by atoms with van der Waals surface area (Å²) in [7, 11) is 0. The molecule has 0 spiro atoms. The predicted octanol–water partition coefficient (Wildman–Crippen LogP) is 1.62. The molecule has 0 aromatic carbocycles. The third kappa shape index (κ3) is 1.97. The summed E-state index contributed by atoms with van der Waals surface area (Å²) in [5.74, 6) is 0.574. The van der Waals surface area contributed by atoms with Crippen LogP contribution in [0.15, 0.2) is 0 Å². The average molecular weight is 195 g/mol. The lowest BCUT2D eigenvalue weighted by Crippen LogP contribution is -2.44. The summed E-state index contributed by atoms with van der Waals surface area (Å²) in [6, 6.07) is 0. The summed E-state index contributed by atoms with van der Waals surface area (Å²) >= 11 is 0. The van der Waals surface area contributed by atoms with Crippen LogP contribution in [0.25, 0.3) is 0 Å². The van der Waals surface area contributed by atoms with Crippen LogP contribution in [0, 0.1) is 11.3 Å². The lowest BCUT2D eigenvalue weighted by atomic mass is 9.68. The number of hydrogen-bond donors (Lipinski definition) is 1. The number of carbonyl (C=O) groups is 2. The van der Waals surface area contributed by atoms with Crippen molar-refractivity contribution in [2.24, 2.45) is 11.3 Å². The molecule has 0 unspecified atom stereocenters. The van der Waals surface area contributed by atoms with Crippen molar-refractivity contribution >= 4 is 11.8 Å². The Labute approximate surface area is 84.2 Å². The van der Waals surface area contributed by atoms with Gasteiger partial charge in [-0.05, 0) is 17.8 Å². The van der Waals surface area contributed by atoms with E-state index in [9.17, 15) is 9.59 Å². The fourth-order valence-corrected chi connectivity index (χ4v) is 2.62. The summed E-state index contributed by atoms with van der Waals surface area (Å²) in [4.78, 5) is 22.5. The maximum atomic E-state index is 11.2. The van der Waals surface area contributed by atoms with Crippen molar-refractivity contribution in [1.82, 2.24) is 5.32 Å². The number of nitrogens with one attached hydrogen (secondary N) is 1. The second-order valence-electron chi connectivity index (χ2n) is 5.14.